The van der Waals surface area contributed by atoms with Crippen molar-refractivity contribution in [2.45, 2.75) is 215 Å². The van der Waals surface area contributed by atoms with Gasteiger partial charge in [0.15, 0.2) is 0 Å². The first-order valence-electron chi connectivity index (χ1n) is 38.9. The van der Waals surface area contributed by atoms with Gasteiger partial charge in [-0.25, -0.2) is 59.0 Å². The van der Waals surface area contributed by atoms with E-state index in [9.17, 15) is 19.2 Å². The molecule has 28 nitrogen and oxygen atoms in total. The molecule has 11 heterocycles. The minimum Gasteiger partial charge on any atom is -0.476 e. The molecule has 0 radical (unpaired) electrons. The first-order valence-corrected chi connectivity index (χ1v) is 39.7. The van der Waals surface area contributed by atoms with Crippen LogP contribution in [0.3, 0.4) is 0 Å². The van der Waals surface area contributed by atoms with Gasteiger partial charge >= 0.3 is 24.4 Å². The molecule has 0 aliphatic carbocycles. The summed E-state index contributed by atoms with van der Waals surface area (Å²) < 4.78 is 45.6. The van der Waals surface area contributed by atoms with Crippen LogP contribution in [-0.4, -0.2) is 237 Å². The molecular formula is C77H123BrN16O12. The number of piperidine rings is 4. The lowest BCUT2D eigenvalue weighted by molar-refractivity contribution is 0.0154. The van der Waals surface area contributed by atoms with Crippen molar-refractivity contribution in [2.24, 2.45) is 23.7 Å². The first kappa shape index (κ1) is 84.1. The summed E-state index contributed by atoms with van der Waals surface area (Å²) >= 11 is 3.24. The van der Waals surface area contributed by atoms with Crippen LogP contribution in [-0.2, 0) is 18.9 Å². The first-order chi connectivity index (χ1) is 50.5. The minimum atomic E-state index is -0.453. The van der Waals surface area contributed by atoms with E-state index < -0.39 is 22.4 Å². The Morgan fingerprint density at radius 1 is 0.330 bits per heavy atom. The second-order valence-electron chi connectivity index (χ2n) is 32.6. The average molecular weight is 1540 g/mol. The van der Waals surface area contributed by atoms with E-state index in [0.29, 0.717) is 131 Å². The Bertz CT molecular complexity index is 2930. The summed E-state index contributed by atoms with van der Waals surface area (Å²) in [7, 11) is 0. The maximum absolute atomic E-state index is 12.1. The predicted molar refractivity (Wildman–Crippen MR) is 411 cm³/mol. The molecule has 7 aliphatic rings. The Kier molecular flexibility index (Phi) is 33.1. The maximum Gasteiger partial charge on any atom is 0.410 e. The summed E-state index contributed by atoms with van der Waals surface area (Å²) in [5, 5.41) is 3.39. The number of aromatic nitrogens is 8. The number of nitrogens with zero attached hydrogens (tertiary/aromatic N) is 15. The number of likely N-dealkylation sites (tertiary alicyclic amines) is 4. The normalized spacial score (nSPS) is 18.7. The van der Waals surface area contributed by atoms with Crippen molar-refractivity contribution in [1.29, 1.82) is 0 Å². The fourth-order valence-electron chi connectivity index (χ4n) is 12.9. The van der Waals surface area contributed by atoms with Gasteiger partial charge in [0.2, 0.25) is 23.5 Å². The van der Waals surface area contributed by atoms with E-state index in [0.717, 1.165) is 128 Å². The van der Waals surface area contributed by atoms with E-state index >= 15 is 0 Å². The van der Waals surface area contributed by atoms with Crippen molar-refractivity contribution in [2.75, 3.05) is 146 Å². The Morgan fingerprint density at radius 3 is 0.830 bits per heavy atom. The molecule has 11 rings (SSSR count). The third-order valence-corrected chi connectivity index (χ3v) is 19.3. The number of carbonyl (C=O) groups excluding carboxylic acids is 4. The fourth-order valence-corrected chi connectivity index (χ4v) is 13.1. The average Bonchev–Trinajstić information content (AvgIpc) is 0.989. The van der Waals surface area contributed by atoms with Crippen molar-refractivity contribution in [1.82, 2.24) is 64.8 Å². The van der Waals surface area contributed by atoms with Crippen LogP contribution in [0.4, 0.5) is 36.6 Å². The summed E-state index contributed by atoms with van der Waals surface area (Å²) in [4.78, 5) is 97.5. The molecule has 0 spiro atoms. The van der Waals surface area contributed by atoms with Crippen molar-refractivity contribution in [3.63, 3.8) is 0 Å². The van der Waals surface area contributed by atoms with Crippen LogP contribution < -0.4 is 39.0 Å². The summed E-state index contributed by atoms with van der Waals surface area (Å²) in [6.07, 6.45) is 31.4. The topological polar surface area (TPSA) is 280 Å². The lowest BCUT2D eigenvalue weighted by Gasteiger charge is -2.33. The maximum atomic E-state index is 12.1. The quantitative estimate of drug-likeness (QED) is 0.108. The van der Waals surface area contributed by atoms with Gasteiger partial charge < -0.3 is 77.5 Å². The van der Waals surface area contributed by atoms with Gasteiger partial charge in [0.1, 0.15) is 44.5 Å². The highest BCUT2D eigenvalue weighted by Crippen LogP contribution is 2.28. The van der Waals surface area contributed by atoms with Crippen molar-refractivity contribution in [3.8, 4) is 23.5 Å². The van der Waals surface area contributed by atoms with Crippen LogP contribution in [0, 0.1) is 23.7 Å². The Labute approximate surface area is 638 Å². The Hall–Kier alpha value is -7.56. The van der Waals surface area contributed by atoms with Crippen molar-refractivity contribution < 1.29 is 57.1 Å². The number of rotatable bonds is 15. The molecule has 106 heavy (non-hydrogen) atoms. The number of ether oxygens (including phenoxy) is 8. The number of carbonyl (C=O) groups is 4. The predicted octanol–water partition coefficient (Wildman–Crippen LogP) is 13.3. The molecule has 4 amide bonds. The highest BCUT2D eigenvalue weighted by Gasteiger charge is 2.32. The zero-order chi connectivity index (χ0) is 76.1. The van der Waals surface area contributed by atoms with Gasteiger partial charge in [0.05, 0.1) is 76.0 Å². The summed E-state index contributed by atoms with van der Waals surface area (Å²) in [6, 6.07) is 0. The van der Waals surface area contributed by atoms with E-state index in [1.54, 1.807) is 56.8 Å². The van der Waals surface area contributed by atoms with Gasteiger partial charge in [-0.1, -0.05) is 25.7 Å². The number of amides is 4. The van der Waals surface area contributed by atoms with E-state index in [1.807, 2.05) is 95.5 Å². The van der Waals surface area contributed by atoms with Gasteiger partial charge in [-0.2, -0.15) is 0 Å². The molecule has 0 atom stereocenters. The Morgan fingerprint density at radius 2 is 0.585 bits per heavy atom. The second kappa shape index (κ2) is 41.7. The van der Waals surface area contributed by atoms with Crippen LogP contribution in [0.25, 0.3) is 0 Å². The van der Waals surface area contributed by atoms with Crippen molar-refractivity contribution >= 4 is 57.8 Å². The van der Waals surface area contributed by atoms with Gasteiger partial charge in [0.25, 0.3) is 0 Å². The van der Waals surface area contributed by atoms with Crippen LogP contribution in [0.1, 0.15) is 192 Å². The highest BCUT2D eigenvalue weighted by atomic mass is 79.9. The van der Waals surface area contributed by atoms with Crippen LogP contribution in [0.2, 0.25) is 0 Å². The number of hydrogen-bond acceptors (Lipinski definition) is 24. The molecule has 0 aromatic carbocycles. The number of anilines is 3. The summed E-state index contributed by atoms with van der Waals surface area (Å²) in [6.45, 7) is 39.0. The SMILES string of the molecule is CC(C)(C)OC(=O)N1CCC(COc2cnc(Br)cn2)CC1.CC(C)(C)OC(=O)N1CCC(COc2cnc(N3CCCCCC3)cn2)CC1.CC(C)(C)OC(=O)N1CCC(COc2cnc(N3CCCCCC3)cn2)CC1.CC(C)(C)OC(=O)N1CCC(COc2cnc(N3CCCNCC3)cn2)CC1. The van der Waals surface area contributed by atoms with Crippen LogP contribution in [0.15, 0.2) is 54.2 Å². The molecule has 4 aromatic heterocycles. The lowest BCUT2D eigenvalue weighted by Crippen LogP contribution is -2.42. The van der Waals surface area contributed by atoms with Crippen molar-refractivity contribution in [3.05, 3.63) is 54.2 Å². The zero-order valence-electron chi connectivity index (χ0n) is 65.6. The number of halogens is 1. The molecule has 29 heteroatoms. The molecule has 7 aliphatic heterocycles. The van der Waals surface area contributed by atoms with Crippen LogP contribution >= 0.6 is 15.9 Å². The van der Waals surface area contributed by atoms with E-state index in [2.05, 4.69) is 75.8 Å². The Balaban J connectivity index is 0.000000179. The molecule has 0 unspecified atom stereocenters. The smallest absolute Gasteiger partial charge is 0.410 e. The van der Waals surface area contributed by atoms with Gasteiger partial charge in [0, 0.05) is 98.2 Å². The number of nitrogens with one attached hydrogen (secondary N) is 1. The molecule has 0 saturated carbocycles. The molecule has 590 valence electrons. The summed E-state index contributed by atoms with van der Waals surface area (Å²) in [5.41, 5.74) is -1.80. The van der Waals surface area contributed by atoms with E-state index in [4.69, 9.17) is 37.9 Å². The number of hydrogen-bond donors (Lipinski definition) is 1. The standard InChI is InChI=1S/2C21H34N4O3.C20H33N5O3.C15H22BrN3O3/c2*1-21(2,3)28-20(26)25-12-8-17(9-13-25)16-27-19-15-22-18(14-23-19)24-10-6-4-5-7-11-24;1-20(2,3)28-19(26)25-10-5-16(6-11-25)15-27-18-14-22-17(13-23-18)24-9-4-7-21-8-12-24;1-15(2,3)22-14(20)19-6-4-11(5-7-19)10-21-13-9-17-12(16)8-18-13/h2*14-15,17H,4-13,16H2,1-3H3;13-14,16,21H,4-12,15H2,1-3H3;8-9,11H,4-7,10H2,1-3H3. The molecule has 0 bridgehead atoms. The molecular weight excluding hydrogens is 1420 g/mol. The van der Waals surface area contributed by atoms with Gasteiger partial charge in [-0.05, 0) is 213 Å². The van der Waals surface area contributed by atoms with Gasteiger partial charge in [-0.3, -0.25) is 0 Å². The largest absolute Gasteiger partial charge is 0.476 e. The zero-order valence-corrected chi connectivity index (χ0v) is 67.2. The lowest BCUT2D eigenvalue weighted by atomic mass is 9.98. The minimum absolute atomic E-state index is 0.221. The molecule has 7 fully saturated rings. The highest BCUT2D eigenvalue weighted by molar-refractivity contribution is 9.10. The second-order valence-corrected chi connectivity index (χ2v) is 33.4. The molecule has 7 saturated heterocycles. The van der Waals surface area contributed by atoms with Crippen LogP contribution in [0.5, 0.6) is 23.5 Å². The van der Waals surface area contributed by atoms with E-state index in [1.165, 1.54) is 51.4 Å². The molecule has 1 N–H and O–H groups in total. The third-order valence-electron chi connectivity index (χ3n) is 18.9. The summed E-state index contributed by atoms with van der Waals surface area (Å²) in [5.74, 6) is 6.71. The van der Waals surface area contributed by atoms with Gasteiger partial charge in [-0.15, -0.1) is 0 Å². The van der Waals surface area contributed by atoms with E-state index in [-0.39, 0.29) is 24.4 Å². The fraction of sp³-hybridized carbons (Fsp3) is 0.740. The monoisotopic (exact) mass is 1540 g/mol. The third kappa shape index (κ3) is 31.3. The molecule has 4 aromatic rings.